The molecule has 0 saturated carbocycles. The number of hydrogen-bond acceptors (Lipinski definition) is 4. The topological polar surface area (TPSA) is 50.7 Å². The number of aryl methyl sites for hydroxylation is 1. The molecule has 2 aromatic heterocycles. The minimum atomic E-state index is 0.527. The van der Waals surface area contributed by atoms with Crippen LogP contribution in [0, 0.1) is 6.92 Å². The number of benzene rings is 2. The number of nitrogens with zero attached hydrogens (tertiary/aromatic N) is 3. The van der Waals surface area contributed by atoms with E-state index in [0.29, 0.717) is 11.7 Å². The molecule has 4 aromatic rings. The smallest absolute Gasteiger partial charge is 0.134 e. The van der Waals surface area contributed by atoms with Crippen molar-refractivity contribution in [2.24, 2.45) is 0 Å². The SMILES string of the molecule is Cc1nccc(-c2cccc(NCc3cc4ccccc4nc3Cl)c2)n1. The zero-order valence-electron chi connectivity index (χ0n) is 14.3. The normalized spacial score (nSPS) is 10.8. The Morgan fingerprint density at radius 2 is 1.85 bits per heavy atom. The number of fused-ring (bicyclic) bond motifs is 1. The minimum absolute atomic E-state index is 0.527. The fourth-order valence-corrected chi connectivity index (χ4v) is 3.08. The van der Waals surface area contributed by atoms with E-state index in [2.05, 4.69) is 32.4 Å². The van der Waals surface area contributed by atoms with Gasteiger partial charge in [-0.2, -0.15) is 0 Å². The molecule has 0 amide bonds. The van der Waals surface area contributed by atoms with E-state index in [1.807, 2.05) is 55.5 Å². The van der Waals surface area contributed by atoms with Crippen LogP contribution < -0.4 is 5.32 Å². The summed E-state index contributed by atoms with van der Waals surface area (Å²) >= 11 is 6.35. The lowest BCUT2D eigenvalue weighted by molar-refractivity contribution is 1.06. The van der Waals surface area contributed by atoms with Crippen LogP contribution in [0.3, 0.4) is 0 Å². The van der Waals surface area contributed by atoms with Gasteiger partial charge < -0.3 is 5.32 Å². The predicted octanol–water partition coefficient (Wildman–Crippen LogP) is 5.27. The first-order chi connectivity index (χ1) is 12.7. The van der Waals surface area contributed by atoms with Crippen LogP contribution >= 0.6 is 11.6 Å². The van der Waals surface area contributed by atoms with E-state index in [4.69, 9.17) is 11.6 Å². The van der Waals surface area contributed by atoms with Crippen molar-refractivity contribution in [1.82, 2.24) is 15.0 Å². The zero-order chi connectivity index (χ0) is 17.9. The fraction of sp³-hybridized carbons (Fsp3) is 0.0952. The average molecular weight is 361 g/mol. The van der Waals surface area contributed by atoms with Crippen molar-refractivity contribution in [2.75, 3.05) is 5.32 Å². The number of halogens is 1. The summed E-state index contributed by atoms with van der Waals surface area (Å²) in [7, 11) is 0. The number of pyridine rings is 1. The summed E-state index contributed by atoms with van der Waals surface area (Å²) in [6.07, 6.45) is 1.78. The van der Waals surface area contributed by atoms with E-state index >= 15 is 0 Å². The summed E-state index contributed by atoms with van der Waals surface area (Å²) < 4.78 is 0. The predicted molar refractivity (Wildman–Crippen MR) is 106 cm³/mol. The summed E-state index contributed by atoms with van der Waals surface area (Å²) in [4.78, 5) is 13.1. The van der Waals surface area contributed by atoms with E-state index in [-0.39, 0.29) is 0 Å². The molecule has 1 N–H and O–H groups in total. The highest BCUT2D eigenvalue weighted by Gasteiger charge is 2.06. The van der Waals surface area contributed by atoms with Crippen LogP contribution in [0.1, 0.15) is 11.4 Å². The highest BCUT2D eigenvalue weighted by atomic mass is 35.5. The Morgan fingerprint density at radius 3 is 2.73 bits per heavy atom. The molecule has 0 unspecified atom stereocenters. The molecule has 2 heterocycles. The zero-order valence-corrected chi connectivity index (χ0v) is 15.0. The summed E-state index contributed by atoms with van der Waals surface area (Å²) in [5.74, 6) is 0.759. The number of rotatable bonds is 4. The lowest BCUT2D eigenvalue weighted by Crippen LogP contribution is -2.01. The molecule has 0 spiro atoms. The molecular formula is C21H17ClN4. The molecule has 4 nitrogen and oxygen atoms in total. The number of hydrogen-bond donors (Lipinski definition) is 1. The Kier molecular flexibility index (Phi) is 4.50. The van der Waals surface area contributed by atoms with Gasteiger partial charge in [-0.25, -0.2) is 15.0 Å². The molecule has 4 rings (SSSR count). The van der Waals surface area contributed by atoms with Crippen LogP contribution in [0.5, 0.6) is 0 Å². The number of para-hydroxylation sites is 1. The molecule has 0 aliphatic carbocycles. The molecule has 0 bridgehead atoms. The Bertz CT molecular complexity index is 1080. The van der Waals surface area contributed by atoms with Gasteiger partial charge in [-0.3, -0.25) is 0 Å². The summed E-state index contributed by atoms with van der Waals surface area (Å²) in [6, 6.07) is 20.1. The van der Waals surface area contributed by atoms with Crippen LogP contribution in [0.2, 0.25) is 5.15 Å². The molecular weight excluding hydrogens is 344 g/mol. The molecule has 5 heteroatoms. The van der Waals surface area contributed by atoms with Gasteiger partial charge in [0.25, 0.3) is 0 Å². The van der Waals surface area contributed by atoms with Crippen LogP contribution in [0.15, 0.2) is 66.9 Å². The van der Waals surface area contributed by atoms with Crippen molar-refractivity contribution in [3.8, 4) is 11.3 Å². The summed E-state index contributed by atoms with van der Waals surface area (Å²) in [5.41, 5.74) is 4.83. The monoisotopic (exact) mass is 360 g/mol. The van der Waals surface area contributed by atoms with Crippen molar-refractivity contribution < 1.29 is 0 Å². The van der Waals surface area contributed by atoms with Gasteiger partial charge in [0.15, 0.2) is 0 Å². The first-order valence-corrected chi connectivity index (χ1v) is 8.75. The van der Waals surface area contributed by atoms with E-state index in [1.54, 1.807) is 6.20 Å². The second-order valence-electron chi connectivity index (χ2n) is 6.05. The minimum Gasteiger partial charge on any atom is -0.381 e. The number of anilines is 1. The van der Waals surface area contributed by atoms with Crippen molar-refractivity contribution in [1.29, 1.82) is 0 Å². The first-order valence-electron chi connectivity index (χ1n) is 8.37. The molecule has 128 valence electrons. The van der Waals surface area contributed by atoms with Crippen LogP contribution in [-0.2, 0) is 6.54 Å². The van der Waals surface area contributed by atoms with Gasteiger partial charge in [0.05, 0.1) is 11.2 Å². The molecule has 26 heavy (non-hydrogen) atoms. The molecule has 0 saturated heterocycles. The second-order valence-corrected chi connectivity index (χ2v) is 6.41. The van der Waals surface area contributed by atoms with Gasteiger partial charge in [0.2, 0.25) is 0 Å². The van der Waals surface area contributed by atoms with Crippen molar-refractivity contribution >= 4 is 28.2 Å². The molecule has 2 aromatic carbocycles. The van der Waals surface area contributed by atoms with Gasteiger partial charge in [-0.1, -0.05) is 41.9 Å². The van der Waals surface area contributed by atoms with Crippen LogP contribution in [0.25, 0.3) is 22.2 Å². The third-order valence-electron chi connectivity index (χ3n) is 4.17. The van der Waals surface area contributed by atoms with Crippen molar-refractivity contribution in [2.45, 2.75) is 13.5 Å². The quantitative estimate of drug-likeness (QED) is 0.504. The largest absolute Gasteiger partial charge is 0.381 e. The van der Waals surface area contributed by atoms with E-state index in [0.717, 1.165) is 39.2 Å². The first kappa shape index (κ1) is 16.5. The van der Waals surface area contributed by atoms with E-state index in [1.165, 1.54) is 0 Å². The molecule has 0 radical (unpaired) electrons. The molecule has 0 aliphatic rings. The second kappa shape index (κ2) is 7.10. The average Bonchev–Trinajstić information content (AvgIpc) is 2.66. The highest BCUT2D eigenvalue weighted by Crippen LogP contribution is 2.24. The Balaban J connectivity index is 1.57. The summed E-state index contributed by atoms with van der Waals surface area (Å²) in [5, 5.41) is 5.03. The van der Waals surface area contributed by atoms with Gasteiger partial charge in [-0.15, -0.1) is 0 Å². The van der Waals surface area contributed by atoms with E-state index < -0.39 is 0 Å². The molecule has 0 aliphatic heterocycles. The van der Waals surface area contributed by atoms with Crippen molar-refractivity contribution in [3.05, 3.63) is 83.4 Å². The number of nitrogens with one attached hydrogen (secondary N) is 1. The maximum Gasteiger partial charge on any atom is 0.134 e. The van der Waals surface area contributed by atoms with Gasteiger partial charge in [0.1, 0.15) is 11.0 Å². The fourth-order valence-electron chi connectivity index (χ4n) is 2.86. The maximum atomic E-state index is 6.35. The van der Waals surface area contributed by atoms with Crippen LogP contribution in [-0.4, -0.2) is 15.0 Å². The maximum absolute atomic E-state index is 6.35. The lowest BCUT2D eigenvalue weighted by atomic mass is 10.1. The standard InChI is InChI=1S/C21H17ClN4/c1-14-23-10-9-20(25-14)16-6-4-7-18(12-16)24-13-17-11-15-5-2-3-8-19(15)26-21(17)22/h2-12,24H,13H2,1H3. The van der Waals surface area contributed by atoms with Crippen molar-refractivity contribution in [3.63, 3.8) is 0 Å². The third kappa shape index (κ3) is 3.51. The lowest BCUT2D eigenvalue weighted by Gasteiger charge is -2.10. The Morgan fingerprint density at radius 1 is 0.962 bits per heavy atom. The van der Waals surface area contributed by atoms with Gasteiger partial charge >= 0.3 is 0 Å². The van der Waals surface area contributed by atoms with Crippen LogP contribution in [0.4, 0.5) is 5.69 Å². The summed E-state index contributed by atoms with van der Waals surface area (Å²) in [6.45, 7) is 2.49. The molecule has 0 atom stereocenters. The van der Waals surface area contributed by atoms with E-state index in [9.17, 15) is 0 Å². The highest BCUT2D eigenvalue weighted by molar-refractivity contribution is 6.30. The Hall–Kier alpha value is -2.98. The number of aromatic nitrogens is 3. The van der Waals surface area contributed by atoms with Gasteiger partial charge in [-0.05, 0) is 37.3 Å². The van der Waals surface area contributed by atoms with Gasteiger partial charge in [0, 0.05) is 34.9 Å². The third-order valence-corrected chi connectivity index (χ3v) is 4.49. The Labute approximate surface area is 156 Å². The molecule has 0 fully saturated rings.